The van der Waals surface area contributed by atoms with Crippen LogP contribution in [-0.4, -0.2) is 22.9 Å². The number of nitrogen functional groups attached to an aromatic ring is 1. The molecule has 0 aliphatic rings. The van der Waals surface area contributed by atoms with E-state index in [0.29, 0.717) is 6.61 Å². The molecular formula is C13H20N2OS. The van der Waals surface area contributed by atoms with E-state index < -0.39 is 0 Å². The van der Waals surface area contributed by atoms with Gasteiger partial charge < -0.3 is 10.5 Å². The third-order valence-electron chi connectivity index (χ3n) is 2.05. The van der Waals surface area contributed by atoms with Gasteiger partial charge in [0.1, 0.15) is 11.6 Å². The topological polar surface area (TPSA) is 59.1 Å². The molecule has 0 aromatic heterocycles. The number of hydrogen-bond donors (Lipinski definition) is 2. The summed E-state index contributed by atoms with van der Waals surface area (Å²) in [5.41, 5.74) is 6.10. The molecule has 0 spiro atoms. The summed E-state index contributed by atoms with van der Waals surface area (Å²) in [6, 6.07) is 7.29. The minimum absolute atomic E-state index is 0.0832. The summed E-state index contributed by atoms with van der Waals surface area (Å²) in [7, 11) is 0. The van der Waals surface area contributed by atoms with Crippen LogP contribution in [0, 0.1) is 5.41 Å². The van der Waals surface area contributed by atoms with Crippen molar-refractivity contribution in [2.24, 2.45) is 5.73 Å². The average molecular weight is 252 g/mol. The average Bonchev–Trinajstić information content (AvgIpc) is 2.24. The molecular weight excluding hydrogens is 232 g/mol. The molecule has 0 unspecified atom stereocenters. The summed E-state index contributed by atoms with van der Waals surface area (Å²) >= 11 is 1.88. The van der Waals surface area contributed by atoms with Crippen LogP contribution < -0.4 is 10.5 Å². The van der Waals surface area contributed by atoms with Crippen molar-refractivity contribution in [1.29, 1.82) is 5.41 Å². The Balaban J connectivity index is 2.35. The summed E-state index contributed by atoms with van der Waals surface area (Å²) < 4.78 is 5.88. The Hall–Kier alpha value is -1.16. The Labute approximate surface area is 107 Å². The van der Waals surface area contributed by atoms with E-state index in [9.17, 15) is 0 Å². The lowest BCUT2D eigenvalue weighted by Gasteiger charge is -2.17. The highest BCUT2D eigenvalue weighted by molar-refractivity contribution is 8.00. The fourth-order valence-corrected chi connectivity index (χ4v) is 2.02. The molecule has 17 heavy (non-hydrogen) atoms. The van der Waals surface area contributed by atoms with Crippen LogP contribution in [0.3, 0.4) is 0 Å². The summed E-state index contributed by atoms with van der Waals surface area (Å²) in [5, 5.41) is 7.28. The molecule has 3 N–H and O–H groups in total. The molecule has 0 heterocycles. The van der Waals surface area contributed by atoms with Crippen LogP contribution >= 0.6 is 11.8 Å². The Morgan fingerprint density at radius 3 is 2.35 bits per heavy atom. The van der Waals surface area contributed by atoms with Gasteiger partial charge in [-0.1, -0.05) is 20.8 Å². The van der Waals surface area contributed by atoms with Crippen LogP contribution in [0.5, 0.6) is 5.75 Å². The monoisotopic (exact) mass is 252 g/mol. The first kappa shape index (κ1) is 13.9. The maximum atomic E-state index is 7.28. The Kier molecular flexibility index (Phi) is 4.87. The van der Waals surface area contributed by atoms with Gasteiger partial charge in [-0.2, -0.15) is 11.8 Å². The fourth-order valence-electron chi connectivity index (χ4n) is 1.24. The summed E-state index contributed by atoms with van der Waals surface area (Å²) in [5.74, 6) is 1.88. The van der Waals surface area contributed by atoms with Gasteiger partial charge in [-0.25, -0.2) is 0 Å². The van der Waals surface area contributed by atoms with Gasteiger partial charge in [-0.3, -0.25) is 5.41 Å². The van der Waals surface area contributed by atoms with Crippen molar-refractivity contribution in [3.05, 3.63) is 29.8 Å². The highest BCUT2D eigenvalue weighted by Gasteiger charge is 2.09. The van der Waals surface area contributed by atoms with Crippen LogP contribution in [0.4, 0.5) is 0 Å². The molecule has 3 nitrogen and oxygen atoms in total. The van der Waals surface area contributed by atoms with Crippen LogP contribution in [0.15, 0.2) is 24.3 Å². The molecule has 1 aromatic carbocycles. The molecule has 1 aromatic rings. The molecule has 1 rings (SSSR count). The van der Waals surface area contributed by atoms with Crippen molar-refractivity contribution in [2.45, 2.75) is 25.5 Å². The van der Waals surface area contributed by atoms with Gasteiger partial charge in [0.05, 0.1) is 6.61 Å². The van der Waals surface area contributed by atoms with Crippen molar-refractivity contribution in [3.8, 4) is 5.75 Å². The molecule has 94 valence electrons. The molecule has 0 amide bonds. The molecule has 0 saturated carbocycles. The summed E-state index contributed by atoms with van der Waals surface area (Å²) in [6.07, 6.45) is 0. The first-order chi connectivity index (χ1) is 7.88. The van der Waals surface area contributed by atoms with Crippen molar-refractivity contribution < 1.29 is 4.74 Å². The zero-order valence-corrected chi connectivity index (χ0v) is 11.4. The Morgan fingerprint density at radius 1 is 1.29 bits per heavy atom. The number of hydrogen-bond acceptors (Lipinski definition) is 3. The van der Waals surface area contributed by atoms with Crippen molar-refractivity contribution >= 4 is 17.6 Å². The van der Waals surface area contributed by atoms with Crippen LogP contribution in [-0.2, 0) is 0 Å². The molecule has 0 radical (unpaired) electrons. The van der Waals surface area contributed by atoms with E-state index in [4.69, 9.17) is 15.9 Å². The molecule has 4 heteroatoms. The third kappa shape index (κ3) is 5.63. The molecule has 0 atom stereocenters. The number of benzene rings is 1. The van der Waals surface area contributed by atoms with Crippen molar-refractivity contribution in [1.82, 2.24) is 0 Å². The Morgan fingerprint density at radius 2 is 1.88 bits per heavy atom. The maximum absolute atomic E-state index is 7.28. The highest BCUT2D eigenvalue weighted by Crippen LogP contribution is 2.22. The Bertz CT molecular complexity index is 368. The molecule has 0 aliphatic heterocycles. The van der Waals surface area contributed by atoms with Crippen LogP contribution in [0.1, 0.15) is 26.3 Å². The van der Waals surface area contributed by atoms with E-state index in [0.717, 1.165) is 17.1 Å². The van der Waals surface area contributed by atoms with Crippen LogP contribution in [0.2, 0.25) is 0 Å². The fraction of sp³-hybridized carbons (Fsp3) is 0.462. The number of ether oxygens (including phenoxy) is 1. The lowest BCUT2D eigenvalue weighted by molar-refractivity contribution is 0.343. The number of amidine groups is 1. The molecule has 0 bridgehead atoms. The zero-order valence-electron chi connectivity index (χ0n) is 10.6. The van der Waals surface area contributed by atoms with E-state index in [2.05, 4.69) is 20.8 Å². The van der Waals surface area contributed by atoms with Gasteiger partial charge in [0.25, 0.3) is 0 Å². The van der Waals surface area contributed by atoms with E-state index in [1.807, 2.05) is 23.9 Å². The smallest absolute Gasteiger partial charge is 0.122 e. The number of nitrogens with one attached hydrogen (secondary N) is 1. The zero-order chi connectivity index (χ0) is 12.9. The number of thioether (sulfide) groups is 1. The minimum atomic E-state index is 0.0832. The predicted molar refractivity (Wildman–Crippen MR) is 75.2 cm³/mol. The van der Waals surface area contributed by atoms with E-state index in [1.165, 1.54) is 0 Å². The van der Waals surface area contributed by atoms with Gasteiger partial charge >= 0.3 is 0 Å². The second kappa shape index (κ2) is 5.96. The van der Waals surface area contributed by atoms with E-state index >= 15 is 0 Å². The minimum Gasteiger partial charge on any atom is -0.493 e. The number of rotatable bonds is 5. The van der Waals surface area contributed by atoms with E-state index in [1.54, 1.807) is 12.1 Å². The number of nitrogens with two attached hydrogens (primary N) is 1. The predicted octanol–water partition coefficient (Wildman–Crippen LogP) is 2.88. The van der Waals surface area contributed by atoms with Gasteiger partial charge in [0.15, 0.2) is 0 Å². The molecule has 0 fully saturated rings. The summed E-state index contributed by atoms with van der Waals surface area (Å²) in [4.78, 5) is 0. The van der Waals surface area contributed by atoms with E-state index in [-0.39, 0.29) is 10.6 Å². The van der Waals surface area contributed by atoms with Gasteiger partial charge in [-0.15, -0.1) is 0 Å². The summed E-state index contributed by atoms with van der Waals surface area (Å²) in [6.45, 7) is 7.28. The first-order valence-electron chi connectivity index (χ1n) is 5.60. The lowest BCUT2D eigenvalue weighted by Crippen LogP contribution is -2.12. The van der Waals surface area contributed by atoms with Crippen molar-refractivity contribution in [2.75, 3.05) is 12.4 Å². The standard InChI is InChI=1S/C13H20N2OS/c1-13(2,3)17-9-8-16-11-6-4-10(5-7-11)12(14)15/h4-7H,8-9H2,1-3H3,(H3,14,15). The van der Waals surface area contributed by atoms with Gasteiger partial charge in [0.2, 0.25) is 0 Å². The highest BCUT2D eigenvalue weighted by atomic mass is 32.2. The lowest BCUT2D eigenvalue weighted by atomic mass is 10.2. The first-order valence-corrected chi connectivity index (χ1v) is 6.58. The largest absolute Gasteiger partial charge is 0.493 e. The normalized spacial score (nSPS) is 11.2. The quantitative estimate of drug-likeness (QED) is 0.481. The SMILES string of the molecule is CC(C)(C)SCCOc1ccc(C(=N)N)cc1. The molecule has 0 aliphatic carbocycles. The maximum Gasteiger partial charge on any atom is 0.122 e. The third-order valence-corrected chi connectivity index (χ3v) is 3.29. The second-order valence-corrected chi connectivity index (χ2v) is 6.67. The van der Waals surface area contributed by atoms with Gasteiger partial charge in [-0.05, 0) is 24.3 Å². The van der Waals surface area contributed by atoms with Crippen LogP contribution in [0.25, 0.3) is 0 Å². The van der Waals surface area contributed by atoms with Crippen molar-refractivity contribution in [3.63, 3.8) is 0 Å². The molecule has 0 saturated heterocycles. The van der Waals surface area contributed by atoms with Gasteiger partial charge in [0, 0.05) is 16.1 Å². The second-order valence-electron chi connectivity index (χ2n) is 4.75.